The summed E-state index contributed by atoms with van der Waals surface area (Å²) in [7, 11) is 0. The number of halogens is 1. The minimum atomic E-state index is 0.772. The number of hydrogen-bond acceptors (Lipinski definition) is 2. The molecule has 0 unspecified atom stereocenters. The number of fused-ring (bicyclic) bond motifs is 1. The van der Waals surface area contributed by atoms with E-state index in [1.54, 1.807) is 0 Å². The van der Waals surface area contributed by atoms with Crippen LogP contribution in [0.4, 0.5) is 5.69 Å². The summed E-state index contributed by atoms with van der Waals surface area (Å²) in [5, 5.41) is 0. The van der Waals surface area contributed by atoms with Crippen molar-refractivity contribution in [2.75, 3.05) is 5.73 Å². The van der Waals surface area contributed by atoms with Gasteiger partial charge in [0.15, 0.2) is 0 Å². The average Bonchev–Trinajstić information content (AvgIpc) is 2.81. The van der Waals surface area contributed by atoms with Crippen molar-refractivity contribution < 1.29 is 0 Å². The number of anilines is 1. The lowest BCUT2D eigenvalue weighted by Gasteiger charge is -2.10. The molecule has 0 aliphatic carbocycles. The summed E-state index contributed by atoms with van der Waals surface area (Å²) >= 11 is 3.44. The van der Waals surface area contributed by atoms with E-state index in [1.807, 2.05) is 18.2 Å². The van der Waals surface area contributed by atoms with Gasteiger partial charge in [-0.1, -0.05) is 25.1 Å². The van der Waals surface area contributed by atoms with Gasteiger partial charge in [0.25, 0.3) is 0 Å². The third-order valence-corrected chi connectivity index (χ3v) is 4.33. The Kier molecular flexibility index (Phi) is 3.97. The number of nitrogens with zero attached hydrogens (tertiary/aromatic N) is 2. The highest BCUT2D eigenvalue weighted by molar-refractivity contribution is 9.10. The van der Waals surface area contributed by atoms with Crippen molar-refractivity contribution >= 4 is 32.7 Å². The minimum Gasteiger partial charge on any atom is -0.398 e. The first-order chi connectivity index (χ1) is 10.2. The molecule has 0 aliphatic heterocycles. The molecular formula is C17H18BrN3. The van der Waals surface area contributed by atoms with Crippen molar-refractivity contribution in [2.45, 2.75) is 26.3 Å². The Morgan fingerprint density at radius 3 is 2.76 bits per heavy atom. The van der Waals surface area contributed by atoms with Gasteiger partial charge in [0, 0.05) is 23.1 Å². The van der Waals surface area contributed by atoms with Crippen molar-refractivity contribution in [1.82, 2.24) is 9.55 Å². The van der Waals surface area contributed by atoms with Gasteiger partial charge in [-0.25, -0.2) is 4.98 Å². The van der Waals surface area contributed by atoms with Gasteiger partial charge in [-0.2, -0.15) is 0 Å². The maximum absolute atomic E-state index is 5.99. The molecule has 0 bridgehead atoms. The largest absolute Gasteiger partial charge is 0.398 e. The van der Waals surface area contributed by atoms with Gasteiger partial charge >= 0.3 is 0 Å². The van der Waals surface area contributed by atoms with E-state index in [-0.39, 0.29) is 0 Å². The molecule has 2 N–H and O–H groups in total. The minimum absolute atomic E-state index is 0.772. The van der Waals surface area contributed by atoms with E-state index >= 15 is 0 Å². The first kappa shape index (κ1) is 14.1. The van der Waals surface area contributed by atoms with Crippen LogP contribution < -0.4 is 5.73 Å². The first-order valence-corrected chi connectivity index (χ1v) is 7.96. The molecular weight excluding hydrogens is 326 g/mol. The van der Waals surface area contributed by atoms with Crippen LogP contribution in [-0.4, -0.2) is 9.55 Å². The number of benzene rings is 2. The molecule has 0 amide bonds. The lowest BCUT2D eigenvalue weighted by molar-refractivity contribution is 0.722. The van der Waals surface area contributed by atoms with E-state index in [9.17, 15) is 0 Å². The van der Waals surface area contributed by atoms with E-state index in [0.29, 0.717) is 0 Å². The Labute approximate surface area is 132 Å². The number of hydrogen-bond donors (Lipinski definition) is 1. The zero-order valence-corrected chi connectivity index (χ0v) is 13.6. The van der Waals surface area contributed by atoms with Crippen LogP contribution in [0.3, 0.4) is 0 Å². The number of imidazole rings is 1. The molecule has 3 rings (SSSR count). The summed E-state index contributed by atoms with van der Waals surface area (Å²) in [4.78, 5) is 4.76. The zero-order valence-electron chi connectivity index (χ0n) is 12.0. The fourth-order valence-corrected chi connectivity index (χ4v) is 2.84. The first-order valence-electron chi connectivity index (χ1n) is 7.17. The second-order valence-electron chi connectivity index (χ2n) is 5.21. The van der Waals surface area contributed by atoms with Crippen LogP contribution in [0.2, 0.25) is 0 Å². The predicted octanol–water partition coefficient (Wildman–Crippen LogP) is 4.38. The maximum atomic E-state index is 5.99. The van der Waals surface area contributed by atoms with Crippen LogP contribution in [-0.2, 0) is 13.0 Å². The van der Waals surface area contributed by atoms with E-state index in [4.69, 9.17) is 10.7 Å². The summed E-state index contributed by atoms with van der Waals surface area (Å²) in [6, 6.07) is 14.4. The van der Waals surface area contributed by atoms with Crippen LogP contribution in [0.5, 0.6) is 0 Å². The third kappa shape index (κ3) is 2.81. The van der Waals surface area contributed by atoms with Gasteiger partial charge in [-0.3, -0.25) is 0 Å². The van der Waals surface area contributed by atoms with E-state index in [0.717, 1.165) is 40.9 Å². The third-order valence-electron chi connectivity index (χ3n) is 3.61. The van der Waals surface area contributed by atoms with E-state index in [1.165, 1.54) is 11.1 Å². The SMILES string of the molecule is CCCc1nc2ccccc2n1Cc1ccc(Br)c(N)c1. The van der Waals surface area contributed by atoms with Gasteiger partial charge in [-0.15, -0.1) is 0 Å². The molecule has 0 radical (unpaired) electrons. The molecule has 3 nitrogen and oxygen atoms in total. The Morgan fingerprint density at radius 1 is 1.19 bits per heavy atom. The number of nitrogen functional groups attached to an aromatic ring is 1. The number of aromatic nitrogens is 2. The van der Waals surface area contributed by atoms with Crippen LogP contribution in [0.1, 0.15) is 24.7 Å². The predicted molar refractivity (Wildman–Crippen MR) is 91.4 cm³/mol. The van der Waals surface area contributed by atoms with Crippen LogP contribution in [0.15, 0.2) is 46.9 Å². The summed E-state index contributed by atoms with van der Waals surface area (Å²) in [6.07, 6.45) is 2.08. The molecule has 0 saturated heterocycles. The summed E-state index contributed by atoms with van der Waals surface area (Å²) in [5.74, 6) is 1.14. The molecule has 21 heavy (non-hydrogen) atoms. The van der Waals surface area contributed by atoms with Gasteiger partial charge < -0.3 is 10.3 Å². The Bertz CT molecular complexity index is 777. The molecule has 3 aromatic rings. The van der Waals surface area contributed by atoms with Crippen molar-refractivity contribution in [3.05, 3.63) is 58.3 Å². The average molecular weight is 344 g/mol. The van der Waals surface area contributed by atoms with Gasteiger partial charge in [0.2, 0.25) is 0 Å². The van der Waals surface area contributed by atoms with Crippen molar-refractivity contribution in [2.24, 2.45) is 0 Å². The topological polar surface area (TPSA) is 43.8 Å². The lowest BCUT2D eigenvalue weighted by Crippen LogP contribution is -2.05. The van der Waals surface area contributed by atoms with Gasteiger partial charge in [0.1, 0.15) is 5.82 Å². The Balaban J connectivity index is 2.05. The van der Waals surface area contributed by atoms with Crippen molar-refractivity contribution in [1.29, 1.82) is 0 Å². The van der Waals surface area contributed by atoms with E-state index in [2.05, 4.69) is 51.7 Å². The van der Waals surface area contributed by atoms with Crippen LogP contribution >= 0.6 is 15.9 Å². The number of para-hydroxylation sites is 2. The molecule has 4 heteroatoms. The summed E-state index contributed by atoms with van der Waals surface area (Å²) in [6.45, 7) is 2.98. The molecule has 1 heterocycles. The standard InChI is InChI=1S/C17H18BrN3/c1-2-5-17-20-15-6-3-4-7-16(15)21(17)11-12-8-9-13(18)14(19)10-12/h3-4,6-10H,2,5,11,19H2,1H3. The highest BCUT2D eigenvalue weighted by Crippen LogP contribution is 2.23. The van der Waals surface area contributed by atoms with Crippen LogP contribution in [0, 0.1) is 0 Å². The fourth-order valence-electron chi connectivity index (χ4n) is 2.59. The lowest BCUT2D eigenvalue weighted by atomic mass is 10.2. The molecule has 0 saturated carbocycles. The second kappa shape index (κ2) is 5.90. The van der Waals surface area contributed by atoms with E-state index < -0.39 is 0 Å². The van der Waals surface area contributed by atoms with Gasteiger partial charge in [-0.05, 0) is 52.2 Å². The quantitative estimate of drug-likeness (QED) is 0.714. The number of rotatable bonds is 4. The normalized spacial score (nSPS) is 11.1. The van der Waals surface area contributed by atoms with Crippen molar-refractivity contribution in [3.8, 4) is 0 Å². The number of aryl methyl sites for hydroxylation is 1. The molecule has 0 fully saturated rings. The highest BCUT2D eigenvalue weighted by Gasteiger charge is 2.10. The molecule has 2 aromatic carbocycles. The summed E-state index contributed by atoms with van der Waals surface area (Å²) < 4.78 is 3.23. The Hall–Kier alpha value is -1.81. The van der Waals surface area contributed by atoms with Gasteiger partial charge in [0.05, 0.1) is 11.0 Å². The zero-order chi connectivity index (χ0) is 14.8. The number of nitrogens with two attached hydrogens (primary N) is 1. The maximum Gasteiger partial charge on any atom is 0.110 e. The molecule has 1 aromatic heterocycles. The molecule has 0 aliphatic rings. The monoisotopic (exact) mass is 343 g/mol. The molecule has 0 atom stereocenters. The fraction of sp³-hybridized carbons (Fsp3) is 0.235. The van der Waals surface area contributed by atoms with Crippen molar-refractivity contribution in [3.63, 3.8) is 0 Å². The highest BCUT2D eigenvalue weighted by atomic mass is 79.9. The molecule has 108 valence electrons. The smallest absolute Gasteiger partial charge is 0.110 e. The summed E-state index contributed by atoms with van der Waals surface area (Å²) in [5.41, 5.74) is 10.2. The van der Waals surface area contributed by atoms with Crippen LogP contribution in [0.25, 0.3) is 11.0 Å². The Morgan fingerprint density at radius 2 is 2.00 bits per heavy atom. The molecule has 0 spiro atoms. The second-order valence-corrected chi connectivity index (χ2v) is 6.06.